The van der Waals surface area contributed by atoms with Gasteiger partial charge in [0.2, 0.25) is 0 Å². The molecule has 0 spiro atoms. The molecule has 156 valence electrons. The van der Waals surface area contributed by atoms with Crippen molar-refractivity contribution < 1.29 is 19.3 Å². The predicted molar refractivity (Wildman–Crippen MR) is 109 cm³/mol. The number of nitro groups is 1. The summed E-state index contributed by atoms with van der Waals surface area (Å²) in [7, 11) is 0. The van der Waals surface area contributed by atoms with Gasteiger partial charge in [-0.2, -0.15) is 5.01 Å². The molecule has 1 saturated carbocycles. The Labute approximate surface area is 177 Å². The first-order valence-electron chi connectivity index (χ1n) is 10.1. The number of nitrogens with zero attached hydrogens (tertiary/aromatic N) is 3. The molecular formula is C23H19N3O5. The van der Waals surface area contributed by atoms with Crippen LogP contribution in [0.15, 0.2) is 66.7 Å². The van der Waals surface area contributed by atoms with Gasteiger partial charge in [0.15, 0.2) is 0 Å². The van der Waals surface area contributed by atoms with E-state index in [0.717, 1.165) is 16.4 Å². The highest BCUT2D eigenvalue weighted by Gasteiger charge is 2.61. The summed E-state index contributed by atoms with van der Waals surface area (Å²) in [5, 5.41) is 13.5. The molecule has 5 rings (SSSR count). The molecule has 3 aliphatic rings. The number of hydrogen-bond donors (Lipinski definition) is 0. The standard InChI is InChI=1S/C23H19N3O5/c27-21(17-8-4-5-9-18(17)26(30)31)24(13-14-6-2-1-3-7-14)25-22(28)19-15-10-11-16(12-15)20(19)23(25)29/h1-11,15-16,19-20H,12-13H2/t15-,16-,19-,20-/m0/s1. The Balaban J connectivity index is 1.56. The third-order valence-corrected chi connectivity index (χ3v) is 6.43. The first kappa shape index (κ1) is 19.2. The number of amides is 3. The van der Waals surface area contributed by atoms with Gasteiger partial charge in [0.25, 0.3) is 23.4 Å². The topological polar surface area (TPSA) is 101 Å². The average Bonchev–Trinajstić information content (AvgIpc) is 3.46. The van der Waals surface area contributed by atoms with Crippen LogP contribution in [0, 0.1) is 33.8 Å². The summed E-state index contributed by atoms with van der Waals surface area (Å²) in [6.45, 7) is -0.0502. The van der Waals surface area contributed by atoms with Crippen LogP contribution < -0.4 is 0 Å². The number of nitro benzene ring substituents is 1. The quantitative estimate of drug-likeness (QED) is 0.322. The SMILES string of the molecule is O=C(c1ccccc1[N+](=O)[O-])N(Cc1ccccc1)N1C(=O)[C@@H]2[C@@H](C1=O)[C@H]1C=C[C@H]2C1. The van der Waals surface area contributed by atoms with Gasteiger partial charge in [0, 0.05) is 6.07 Å². The normalized spacial score (nSPS) is 25.7. The van der Waals surface area contributed by atoms with Crippen molar-refractivity contribution in [1.82, 2.24) is 10.0 Å². The molecule has 8 heteroatoms. The van der Waals surface area contributed by atoms with Gasteiger partial charge in [0.1, 0.15) is 5.56 Å². The fraction of sp³-hybridized carbons (Fsp3) is 0.261. The van der Waals surface area contributed by atoms with Crippen LogP contribution in [0.2, 0.25) is 0 Å². The molecule has 1 heterocycles. The molecule has 2 bridgehead atoms. The van der Waals surface area contributed by atoms with Gasteiger partial charge in [-0.3, -0.25) is 24.5 Å². The molecule has 0 unspecified atom stereocenters. The summed E-state index contributed by atoms with van der Waals surface area (Å²) in [6, 6.07) is 14.5. The molecule has 0 N–H and O–H groups in total. The van der Waals surface area contributed by atoms with Crippen molar-refractivity contribution >= 4 is 23.4 Å². The zero-order valence-corrected chi connectivity index (χ0v) is 16.5. The highest BCUT2D eigenvalue weighted by molar-refractivity contribution is 6.09. The highest BCUT2D eigenvalue weighted by Crippen LogP contribution is 2.53. The van der Waals surface area contributed by atoms with Crippen LogP contribution >= 0.6 is 0 Å². The van der Waals surface area contributed by atoms with E-state index in [0.29, 0.717) is 5.56 Å². The number of para-hydroxylation sites is 1. The van der Waals surface area contributed by atoms with E-state index in [1.807, 2.05) is 18.2 Å². The Morgan fingerprint density at radius 2 is 1.55 bits per heavy atom. The van der Waals surface area contributed by atoms with Gasteiger partial charge < -0.3 is 0 Å². The third kappa shape index (κ3) is 2.94. The summed E-state index contributed by atoms with van der Waals surface area (Å²) in [4.78, 5) is 51.0. The van der Waals surface area contributed by atoms with E-state index in [1.54, 1.807) is 24.3 Å². The first-order valence-corrected chi connectivity index (χ1v) is 10.1. The summed E-state index contributed by atoms with van der Waals surface area (Å²) in [5.41, 5.74) is 0.168. The number of allylic oxidation sites excluding steroid dienone is 2. The number of benzene rings is 2. The maximum atomic E-state index is 13.5. The highest BCUT2D eigenvalue weighted by atomic mass is 16.6. The van der Waals surface area contributed by atoms with Crippen molar-refractivity contribution in [1.29, 1.82) is 0 Å². The molecule has 8 nitrogen and oxygen atoms in total. The van der Waals surface area contributed by atoms with Gasteiger partial charge >= 0.3 is 0 Å². The number of carbonyl (C=O) groups excluding carboxylic acids is 3. The lowest BCUT2D eigenvalue weighted by molar-refractivity contribution is -0.385. The van der Waals surface area contributed by atoms with E-state index in [9.17, 15) is 24.5 Å². The van der Waals surface area contributed by atoms with Gasteiger partial charge in [-0.05, 0) is 29.9 Å². The molecule has 3 amide bonds. The molecule has 2 aromatic rings. The minimum absolute atomic E-state index is 0.00353. The van der Waals surface area contributed by atoms with Crippen molar-refractivity contribution in [2.45, 2.75) is 13.0 Å². The molecule has 2 aromatic carbocycles. The minimum atomic E-state index is -0.752. The van der Waals surface area contributed by atoms with E-state index in [-0.39, 0.29) is 29.6 Å². The zero-order valence-electron chi connectivity index (χ0n) is 16.5. The van der Waals surface area contributed by atoms with E-state index >= 15 is 0 Å². The Kier molecular flexibility index (Phi) is 4.43. The maximum absolute atomic E-state index is 13.5. The molecular weight excluding hydrogens is 398 g/mol. The number of carbonyl (C=O) groups is 3. The smallest absolute Gasteiger partial charge is 0.272 e. The van der Waals surface area contributed by atoms with Crippen LogP contribution in [-0.2, 0) is 16.1 Å². The Morgan fingerprint density at radius 1 is 0.968 bits per heavy atom. The van der Waals surface area contributed by atoms with Crippen molar-refractivity contribution in [2.75, 3.05) is 0 Å². The number of imide groups is 1. The van der Waals surface area contributed by atoms with E-state index in [2.05, 4.69) is 0 Å². The van der Waals surface area contributed by atoms with Crippen molar-refractivity contribution in [3.63, 3.8) is 0 Å². The molecule has 1 saturated heterocycles. The van der Waals surface area contributed by atoms with E-state index in [4.69, 9.17) is 0 Å². The predicted octanol–water partition coefficient (Wildman–Crippen LogP) is 2.96. The number of hydrazine groups is 1. The van der Waals surface area contributed by atoms with Crippen molar-refractivity contribution in [3.05, 3.63) is 88.0 Å². The summed E-state index contributed by atoms with van der Waals surface area (Å²) in [5.74, 6) is -2.52. The van der Waals surface area contributed by atoms with Crippen molar-refractivity contribution in [3.8, 4) is 0 Å². The third-order valence-electron chi connectivity index (χ3n) is 6.43. The lowest BCUT2D eigenvalue weighted by Crippen LogP contribution is -2.50. The molecule has 2 fully saturated rings. The molecule has 0 aromatic heterocycles. The molecule has 2 aliphatic carbocycles. The number of rotatable bonds is 5. The second kappa shape index (κ2) is 7.16. The monoisotopic (exact) mass is 417 g/mol. The Morgan fingerprint density at radius 3 is 2.16 bits per heavy atom. The summed E-state index contributed by atoms with van der Waals surface area (Å²) < 4.78 is 0. The largest absolute Gasteiger partial charge is 0.282 e. The maximum Gasteiger partial charge on any atom is 0.282 e. The molecule has 0 radical (unpaired) electrons. The summed E-state index contributed by atoms with van der Waals surface area (Å²) in [6.07, 6.45) is 4.73. The molecule has 31 heavy (non-hydrogen) atoms. The van der Waals surface area contributed by atoms with Crippen LogP contribution in [0.4, 0.5) is 5.69 Å². The molecule has 1 aliphatic heterocycles. The lowest BCUT2D eigenvalue weighted by Gasteiger charge is -2.31. The van der Waals surface area contributed by atoms with Crippen LogP contribution in [0.5, 0.6) is 0 Å². The molecule has 4 atom stereocenters. The Hall–Kier alpha value is -3.81. The average molecular weight is 417 g/mol. The Bertz CT molecular complexity index is 1100. The second-order valence-corrected chi connectivity index (χ2v) is 8.11. The number of fused-ring (bicyclic) bond motifs is 5. The van der Waals surface area contributed by atoms with Gasteiger partial charge in [-0.25, -0.2) is 5.01 Å². The second-order valence-electron chi connectivity index (χ2n) is 8.11. The number of hydrogen-bond acceptors (Lipinski definition) is 5. The minimum Gasteiger partial charge on any atom is -0.272 e. The van der Waals surface area contributed by atoms with Gasteiger partial charge in [0.05, 0.1) is 23.3 Å². The van der Waals surface area contributed by atoms with Gasteiger partial charge in [-0.15, -0.1) is 0 Å². The van der Waals surface area contributed by atoms with Crippen LogP contribution in [0.3, 0.4) is 0 Å². The lowest BCUT2D eigenvalue weighted by atomic mass is 9.85. The van der Waals surface area contributed by atoms with Gasteiger partial charge in [-0.1, -0.05) is 54.6 Å². The van der Waals surface area contributed by atoms with Crippen LogP contribution in [0.25, 0.3) is 0 Å². The van der Waals surface area contributed by atoms with Crippen molar-refractivity contribution in [2.24, 2.45) is 23.7 Å². The first-order chi connectivity index (χ1) is 15.0. The van der Waals surface area contributed by atoms with Crippen LogP contribution in [0.1, 0.15) is 22.3 Å². The fourth-order valence-corrected chi connectivity index (χ4v) is 5.07. The summed E-state index contributed by atoms with van der Waals surface area (Å²) >= 11 is 0. The van der Waals surface area contributed by atoms with E-state index in [1.165, 1.54) is 24.3 Å². The van der Waals surface area contributed by atoms with Crippen LogP contribution in [-0.4, -0.2) is 32.7 Å². The zero-order chi connectivity index (χ0) is 21.7. The van der Waals surface area contributed by atoms with E-state index < -0.39 is 34.5 Å². The fourth-order valence-electron chi connectivity index (χ4n) is 5.07.